The van der Waals surface area contributed by atoms with Crippen LogP contribution in [-0.2, 0) is 9.16 Å². The zero-order valence-corrected chi connectivity index (χ0v) is 19.5. The summed E-state index contributed by atoms with van der Waals surface area (Å²) < 4.78 is 13.2. The third-order valence-corrected chi connectivity index (χ3v) is 12.4. The molecule has 1 fully saturated rings. The van der Waals surface area contributed by atoms with Crippen molar-refractivity contribution in [3.05, 3.63) is 11.6 Å². The first-order valence-corrected chi connectivity index (χ1v) is 12.5. The molecule has 0 aromatic heterocycles. The molecule has 1 heterocycles. The van der Waals surface area contributed by atoms with Gasteiger partial charge in [-0.25, -0.2) is 0 Å². The molecule has 0 aromatic rings. The van der Waals surface area contributed by atoms with Crippen molar-refractivity contribution >= 4 is 8.32 Å². The first-order chi connectivity index (χ1) is 11.6. The van der Waals surface area contributed by atoms with Crippen LogP contribution < -0.4 is 0 Å². The van der Waals surface area contributed by atoms with E-state index < -0.39 is 8.32 Å². The van der Waals surface area contributed by atoms with Crippen LogP contribution >= 0.6 is 0 Å². The fourth-order valence-corrected chi connectivity index (χ4v) is 12.1. The van der Waals surface area contributed by atoms with Gasteiger partial charge in [-0.05, 0) is 35.4 Å². The highest BCUT2D eigenvalue weighted by Crippen LogP contribution is 2.65. The van der Waals surface area contributed by atoms with E-state index >= 15 is 0 Å². The maximum atomic E-state index is 7.02. The largest absolute Gasteiger partial charge is 0.387 e. The van der Waals surface area contributed by atoms with Gasteiger partial charge in [0, 0.05) is 12.1 Å². The normalized spacial score (nSPS) is 25.7. The van der Waals surface area contributed by atoms with Crippen LogP contribution in [0.4, 0.5) is 0 Å². The van der Waals surface area contributed by atoms with Crippen molar-refractivity contribution in [1.82, 2.24) is 0 Å². The predicted octanol–water partition coefficient (Wildman–Crippen LogP) is 7.60. The highest BCUT2D eigenvalue weighted by Gasteiger charge is 2.65. The van der Waals surface area contributed by atoms with Gasteiger partial charge in [0.15, 0.2) is 6.29 Å². The van der Waals surface area contributed by atoms with Gasteiger partial charge in [-0.1, -0.05) is 87.1 Å². The molecular weight excluding hydrogens is 324 g/mol. The molecule has 0 radical (unpaired) electrons. The van der Waals surface area contributed by atoms with Crippen LogP contribution in [-0.4, -0.2) is 21.2 Å². The SMILES string of the molecule is CCCC/C=C1\[C@H](OCC)O[Si](C(C)(C)C)(C(C)(C)C)[C@H]1CCCC. The lowest BCUT2D eigenvalue weighted by Crippen LogP contribution is -2.55. The molecule has 2 atom stereocenters. The van der Waals surface area contributed by atoms with Crippen LogP contribution in [0.5, 0.6) is 0 Å². The van der Waals surface area contributed by atoms with Crippen molar-refractivity contribution in [1.29, 1.82) is 0 Å². The fourth-order valence-electron chi connectivity index (χ4n) is 5.01. The summed E-state index contributed by atoms with van der Waals surface area (Å²) in [4.78, 5) is 0. The molecule has 0 aliphatic carbocycles. The second-order valence-corrected chi connectivity index (χ2v) is 15.1. The second kappa shape index (κ2) is 9.19. The maximum absolute atomic E-state index is 7.02. The lowest BCUT2D eigenvalue weighted by atomic mass is 10.0. The molecule has 0 spiro atoms. The summed E-state index contributed by atoms with van der Waals surface area (Å²) >= 11 is 0. The molecule has 1 rings (SSSR count). The lowest BCUT2D eigenvalue weighted by Gasteiger charge is -2.51. The van der Waals surface area contributed by atoms with Crippen molar-refractivity contribution in [3.8, 4) is 0 Å². The third-order valence-electron chi connectivity index (χ3n) is 5.79. The van der Waals surface area contributed by atoms with Crippen LogP contribution in [0.15, 0.2) is 11.6 Å². The van der Waals surface area contributed by atoms with Gasteiger partial charge in [-0.15, -0.1) is 0 Å². The summed E-state index contributed by atoms with van der Waals surface area (Å²) in [5.41, 5.74) is 2.04. The Morgan fingerprint density at radius 2 is 1.52 bits per heavy atom. The van der Waals surface area contributed by atoms with Crippen molar-refractivity contribution in [2.24, 2.45) is 0 Å². The van der Waals surface area contributed by atoms with Crippen LogP contribution in [0.3, 0.4) is 0 Å². The Bertz CT molecular complexity index is 414. The average molecular weight is 369 g/mol. The number of unbranched alkanes of at least 4 members (excludes halogenated alkanes) is 3. The Kier molecular flexibility index (Phi) is 8.42. The zero-order valence-electron chi connectivity index (χ0n) is 18.5. The smallest absolute Gasteiger partial charge is 0.214 e. The molecule has 0 aromatic carbocycles. The van der Waals surface area contributed by atoms with E-state index in [1.54, 1.807) is 0 Å². The fraction of sp³-hybridized carbons (Fsp3) is 0.909. The molecule has 3 heteroatoms. The minimum Gasteiger partial charge on any atom is -0.387 e. The van der Waals surface area contributed by atoms with Crippen molar-refractivity contribution in [2.45, 2.75) is 123 Å². The summed E-state index contributed by atoms with van der Waals surface area (Å²) in [5.74, 6) is 0. The third kappa shape index (κ3) is 4.78. The standard InChI is InChI=1S/C22H44O2Si/c1-10-13-15-16-18-19(17-14-11-2)25(21(4,5)6,22(7,8)9)24-20(18)23-12-3/h16,19-20H,10-15,17H2,1-9H3/b18-16-/t19-,20+/m0/s1. The van der Waals surface area contributed by atoms with E-state index in [-0.39, 0.29) is 16.4 Å². The van der Waals surface area contributed by atoms with Crippen molar-refractivity contribution < 1.29 is 9.16 Å². The van der Waals surface area contributed by atoms with Gasteiger partial charge in [-0.2, -0.15) is 0 Å². The minimum atomic E-state index is -2.12. The first kappa shape index (κ1) is 22.9. The van der Waals surface area contributed by atoms with Crippen LogP contribution in [0.1, 0.15) is 101 Å². The highest BCUT2D eigenvalue weighted by molar-refractivity contribution is 6.82. The molecule has 0 amide bonds. The van der Waals surface area contributed by atoms with E-state index in [2.05, 4.69) is 68.4 Å². The molecule has 1 aliphatic rings. The van der Waals surface area contributed by atoms with Crippen LogP contribution in [0.2, 0.25) is 15.6 Å². The predicted molar refractivity (Wildman–Crippen MR) is 113 cm³/mol. The Hall–Kier alpha value is -0.123. The number of ether oxygens (including phenoxy) is 1. The van der Waals surface area contributed by atoms with E-state index in [0.717, 1.165) is 13.0 Å². The van der Waals surface area contributed by atoms with Crippen LogP contribution in [0.25, 0.3) is 0 Å². The van der Waals surface area contributed by atoms with Crippen molar-refractivity contribution in [3.63, 3.8) is 0 Å². The van der Waals surface area contributed by atoms with Crippen LogP contribution in [0, 0.1) is 0 Å². The molecule has 1 aliphatic heterocycles. The van der Waals surface area contributed by atoms with Gasteiger partial charge in [0.05, 0.1) is 0 Å². The summed E-state index contributed by atoms with van der Waals surface area (Å²) in [7, 11) is -2.12. The van der Waals surface area contributed by atoms with E-state index in [4.69, 9.17) is 9.16 Å². The molecule has 1 saturated heterocycles. The lowest BCUT2D eigenvalue weighted by molar-refractivity contribution is -0.0484. The zero-order chi connectivity index (χ0) is 19.3. The van der Waals surface area contributed by atoms with E-state index in [9.17, 15) is 0 Å². The second-order valence-electron chi connectivity index (χ2n) is 9.68. The Morgan fingerprint density at radius 3 is 1.96 bits per heavy atom. The van der Waals surface area contributed by atoms with Gasteiger partial charge in [0.2, 0.25) is 8.32 Å². The quantitative estimate of drug-likeness (QED) is 0.249. The summed E-state index contributed by atoms with van der Waals surface area (Å²) in [6.45, 7) is 21.8. The van der Waals surface area contributed by atoms with E-state index in [1.165, 1.54) is 37.7 Å². The van der Waals surface area contributed by atoms with Gasteiger partial charge >= 0.3 is 0 Å². The molecule has 0 unspecified atom stereocenters. The summed E-state index contributed by atoms with van der Waals surface area (Å²) in [6.07, 6.45) is 9.78. The van der Waals surface area contributed by atoms with Gasteiger partial charge in [0.1, 0.15) is 0 Å². The highest BCUT2D eigenvalue weighted by atomic mass is 28.4. The van der Waals surface area contributed by atoms with E-state index in [0.29, 0.717) is 5.54 Å². The molecule has 148 valence electrons. The number of hydrogen-bond donors (Lipinski definition) is 0. The van der Waals surface area contributed by atoms with Gasteiger partial charge in [0.25, 0.3) is 0 Å². The molecule has 2 nitrogen and oxygen atoms in total. The summed E-state index contributed by atoms with van der Waals surface area (Å²) in [6, 6.07) is 0. The molecule has 0 bridgehead atoms. The Morgan fingerprint density at radius 1 is 0.960 bits per heavy atom. The monoisotopic (exact) mass is 368 g/mol. The molecule has 0 saturated carbocycles. The van der Waals surface area contributed by atoms with E-state index in [1.807, 2.05) is 0 Å². The number of hydrogen-bond acceptors (Lipinski definition) is 2. The van der Waals surface area contributed by atoms with Crippen molar-refractivity contribution in [2.75, 3.05) is 6.61 Å². The maximum Gasteiger partial charge on any atom is 0.214 e. The molecule has 25 heavy (non-hydrogen) atoms. The Balaban J connectivity index is 3.44. The van der Waals surface area contributed by atoms with Gasteiger partial charge < -0.3 is 9.16 Å². The Labute approximate surface area is 158 Å². The number of rotatable bonds is 8. The first-order valence-electron chi connectivity index (χ1n) is 10.6. The number of allylic oxidation sites excluding steroid dienone is 1. The summed E-state index contributed by atoms with van der Waals surface area (Å²) in [5, 5.41) is 0.360. The molecule has 0 N–H and O–H groups in total. The topological polar surface area (TPSA) is 18.5 Å². The van der Waals surface area contributed by atoms with Gasteiger partial charge in [-0.3, -0.25) is 0 Å². The minimum absolute atomic E-state index is 0.117. The average Bonchev–Trinajstić information content (AvgIpc) is 2.80. The molecular formula is C22H44O2Si.